The van der Waals surface area contributed by atoms with Crippen molar-refractivity contribution < 1.29 is 5.21 Å². The molecule has 0 saturated heterocycles. The van der Waals surface area contributed by atoms with Gasteiger partial charge in [-0.3, -0.25) is 0 Å². The van der Waals surface area contributed by atoms with Crippen LogP contribution in [-0.4, -0.2) is 35.1 Å². The van der Waals surface area contributed by atoms with Crippen molar-refractivity contribution in [1.82, 2.24) is 4.90 Å². The third-order valence-corrected chi connectivity index (χ3v) is 4.19. The molecule has 1 unspecified atom stereocenters. The van der Waals surface area contributed by atoms with E-state index in [1.807, 2.05) is 0 Å². The van der Waals surface area contributed by atoms with Crippen LogP contribution in [0.5, 0.6) is 0 Å². The number of hydrogen-bond acceptors (Lipinski definition) is 3. The highest BCUT2D eigenvalue weighted by molar-refractivity contribution is 5.80. The van der Waals surface area contributed by atoms with Crippen LogP contribution < -0.4 is 5.73 Å². The Morgan fingerprint density at radius 1 is 1.44 bits per heavy atom. The first-order valence-electron chi connectivity index (χ1n) is 7.27. The van der Waals surface area contributed by atoms with Gasteiger partial charge >= 0.3 is 0 Å². The Kier molecular flexibility index (Phi) is 5.93. The molecule has 1 aliphatic carbocycles. The molecule has 3 N–H and O–H groups in total. The Hall–Kier alpha value is -0.770. The lowest BCUT2D eigenvalue weighted by Gasteiger charge is -2.32. The van der Waals surface area contributed by atoms with Gasteiger partial charge < -0.3 is 15.8 Å². The summed E-state index contributed by atoms with van der Waals surface area (Å²) < 4.78 is 0. The smallest absolute Gasteiger partial charge is 0.139 e. The number of hydrogen-bond donors (Lipinski definition) is 2. The van der Waals surface area contributed by atoms with Gasteiger partial charge in [0, 0.05) is 19.0 Å². The molecule has 4 heteroatoms. The minimum absolute atomic E-state index is 0.285. The molecule has 18 heavy (non-hydrogen) atoms. The van der Waals surface area contributed by atoms with E-state index in [-0.39, 0.29) is 5.41 Å². The molecule has 106 valence electrons. The zero-order chi connectivity index (χ0) is 13.6. The molecule has 0 amide bonds. The molecule has 0 aromatic heterocycles. The molecular weight excluding hydrogens is 226 g/mol. The molecule has 0 aromatic rings. The number of oxime groups is 1. The van der Waals surface area contributed by atoms with Crippen molar-refractivity contribution >= 4 is 5.84 Å². The maximum atomic E-state index is 8.71. The molecule has 0 heterocycles. The highest BCUT2D eigenvalue weighted by Crippen LogP contribution is 2.49. The molecule has 0 radical (unpaired) electrons. The normalized spacial score (nSPS) is 20.1. The second kappa shape index (κ2) is 6.98. The Balaban J connectivity index is 2.54. The molecule has 0 aromatic carbocycles. The number of nitrogens with zero attached hydrogens (tertiary/aromatic N) is 2. The second-order valence-electron chi connectivity index (χ2n) is 5.85. The van der Waals surface area contributed by atoms with Crippen molar-refractivity contribution in [2.75, 3.05) is 13.1 Å². The maximum Gasteiger partial charge on any atom is 0.139 e. The van der Waals surface area contributed by atoms with Gasteiger partial charge in [-0.1, -0.05) is 25.4 Å². The fraction of sp³-hybridized carbons (Fsp3) is 0.929. The van der Waals surface area contributed by atoms with E-state index in [4.69, 9.17) is 10.9 Å². The van der Waals surface area contributed by atoms with Crippen molar-refractivity contribution in [3.63, 3.8) is 0 Å². The van der Waals surface area contributed by atoms with Crippen LogP contribution >= 0.6 is 0 Å². The summed E-state index contributed by atoms with van der Waals surface area (Å²) in [6.07, 6.45) is 6.83. The van der Waals surface area contributed by atoms with E-state index >= 15 is 0 Å². The van der Waals surface area contributed by atoms with E-state index in [9.17, 15) is 0 Å². The van der Waals surface area contributed by atoms with Gasteiger partial charge in [-0.05, 0) is 44.6 Å². The second-order valence-corrected chi connectivity index (χ2v) is 5.85. The average Bonchev–Trinajstić information content (AvgIpc) is 3.13. The standard InChI is InChI=1S/C14H29N3O/c1-4-6-9-17(12(3)5-2)11-14(7-8-14)10-13(15)16-18/h12,18H,4-11H2,1-3H3,(H2,15,16). The van der Waals surface area contributed by atoms with Crippen molar-refractivity contribution in [1.29, 1.82) is 0 Å². The Labute approximate surface area is 111 Å². The zero-order valence-corrected chi connectivity index (χ0v) is 12.2. The van der Waals surface area contributed by atoms with Crippen LogP contribution in [0.2, 0.25) is 0 Å². The summed E-state index contributed by atoms with van der Waals surface area (Å²) in [5, 5.41) is 11.8. The molecule has 1 saturated carbocycles. The third-order valence-electron chi connectivity index (χ3n) is 4.19. The van der Waals surface area contributed by atoms with E-state index in [2.05, 4.69) is 30.8 Å². The fourth-order valence-electron chi connectivity index (χ4n) is 2.49. The van der Waals surface area contributed by atoms with E-state index in [0.717, 1.165) is 13.0 Å². The minimum Gasteiger partial charge on any atom is -0.409 e. The first-order chi connectivity index (χ1) is 8.56. The first kappa shape index (κ1) is 15.3. The molecule has 1 atom stereocenters. The Morgan fingerprint density at radius 2 is 2.11 bits per heavy atom. The number of amidine groups is 1. The van der Waals surface area contributed by atoms with Crippen LogP contribution in [0, 0.1) is 5.41 Å². The summed E-state index contributed by atoms with van der Waals surface area (Å²) in [6.45, 7) is 9.04. The van der Waals surface area contributed by atoms with Gasteiger partial charge in [-0.15, -0.1) is 0 Å². The van der Waals surface area contributed by atoms with E-state index in [1.165, 1.54) is 38.6 Å². The van der Waals surface area contributed by atoms with E-state index < -0.39 is 0 Å². The molecule has 1 rings (SSSR count). The molecule has 0 aliphatic heterocycles. The molecular formula is C14H29N3O. The van der Waals surface area contributed by atoms with E-state index in [0.29, 0.717) is 11.9 Å². The zero-order valence-electron chi connectivity index (χ0n) is 12.2. The lowest BCUT2D eigenvalue weighted by molar-refractivity contribution is 0.162. The highest BCUT2D eigenvalue weighted by atomic mass is 16.4. The predicted octanol–water partition coefficient (Wildman–Crippen LogP) is 2.80. The lowest BCUT2D eigenvalue weighted by Crippen LogP contribution is -2.39. The Morgan fingerprint density at radius 3 is 2.56 bits per heavy atom. The summed E-state index contributed by atoms with van der Waals surface area (Å²) in [6, 6.07) is 0.626. The predicted molar refractivity (Wildman–Crippen MR) is 75.9 cm³/mol. The number of rotatable bonds is 9. The van der Waals surface area contributed by atoms with Gasteiger partial charge in [0.2, 0.25) is 0 Å². The van der Waals surface area contributed by atoms with Gasteiger partial charge in [-0.2, -0.15) is 0 Å². The quantitative estimate of drug-likeness (QED) is 0.288. The molecule has 1 fully saturated rings. The number of nitrogens with two attached hydrogens (primary N) is 1. The van der Waals surface area contributed by atoms with Crippen molar-refractivity contribution in [2.24, 2.45) is 16.3 Å². The van der Waals surface area contributed by atoms with Crippen LogP contribution in [0.25, 0.3) is 0 Å². The summed E-state index contributed by atoms with van der Waals surface area (Å²) >= 11 is 0. The van der Waals surface area contributed by atoms with Gasteiger partial charge in [-0.25, -0.2) is 0 Å². The fourth-order valence-corrected chi connectivity index (χ4v) is 2.49. The van der Waals surface area contributed by atoms with Crippen molar-refractivity contribution in [3.05, 3.63) is 0 Å². The first-order valence-corrected chi connectivity index (χ1v) is 7.27. The Bertz CT molecular complexity index is 274. The van der Waals surface area contributed by atoms with Crippen molar-refractivity contribution in [3.8, 4) is 0 Å². The van der Waals surface area contributed by atoms with Gasteiger partial charge in [0.25, 0.3) is 0 Å². The van der Waals surface area contributed by atoms with Crippen LogP contribution in [0.15, 0.2) is 5.16 Å². The van der Waals surface area contributed by atoms with Gasteiger partial charge in [0.05, 0.1) is 0 Å². The molecule has 1 aliphatic rings. The topological polar surface area (TPSA) is 61.8 Å². The summed E-state index contributed by atoms with van der Waals surface area (Å²) in [5.41, 5.74) is 5.95. The minimum atomic E-state index is 0.285. The summed E-state index contributed by atoms with van der Waals surface area (Å²) in [5.74, 6) is 0.382. The highest BCUT2D eigenvalue weighted by Gasteiger charge is 2.44. The largest absolute Gasteiger partial charge is 0.409 e. The summed E-state index contributed by atoms with van der Waals surface area (Å²) in [7, 11) is 0. The van der Waals surface area contributed by atoms with Crippen LogP contribution in [-0.2, 0) is 0 Å². The third kappa shape index (κ3) is 4.48. The average molecular weight is 255 g/mol. The molecule has 0 bridgehead atoms. The van der Waals surface area contributed by atoms with Gasteiger partial charge in [0.15, 0.2) is 0 Å². The lowest BCUT2D eigenvalue weighted by atomic mass is 9.99. The van der Waals surface area contributed by atoms with Crippen molar-refractivity contribution in [2.45, 2.75) is 65.3 Å². The SMILES string of the molecule is CCCCN(CC1(CC(N)=NO)CC1)C(C)CC. The summed E-state index contributed by atoms with van der Waals surface area (Å²) in [4.78, 5) is 2.58. The van der Waals surface area contributed by atoms with Crippen LogP contribution in [0.1, 0.15) is 59.3 Å². The number of unbranched alkanes of at least 4 members (excludes halogenated alkanes) is 1. The van der Waals surface area contributed by atoms with E-state index in [1.54, 1.807) is 0 Å². The van der Waals surface area contributed by atoms with Crippen LogP contribution in [0.4, 0.5) is 0 Å². The maximum absolute atomic E-state index is 8.71. The van der Waals surface area contributed by atoms with Gasteiger partial charge in [0.1, 0.15) is 5.84 Å². The van der Waals surface area contributed by atoms with Crippen LogP contribution in [0.3, 0.4) is 0 Å². The molecule has 4 nitrogen and oxygen atoms in total. The monoisotopic (exact) mass is 255 g/mol. The molecule has 0 spiro atoms.